The van der Waals surface area contributed by atoms with Crippen molar-refractivity contribution in [3.8, 4) is 0 Å². The smallest absolute Gasteiger partial charge is 0.419 e. The monoisotopic (exact) mass is 241 g/mol. The summed E-state index contributed by atoms with van der Waals surface area (Å²) >= 11 is 5.79. The van der Waals surface area contributed by atoms with Gasteiger partial charge in [-0.05, 0) is 18.2 Å². The van der Waals surface area contributed by atoms with Gasteiger partial charge < -0.3 is 9.52 Å². The summed E-state index contributed by atoms with van der Waals surface area (Å²) in [6.45, 7) is 0.0709. The highest BCUT2D eigenvalue weighted by molar-refractivity contribution is 6.31. The molecule has 2 aromatic rings. The van der Waals surface area contributed by atoms with Gasteiger partial charge in [0.1, 0.15) is 0 Å². The highest BCUT2D eigenvalue weighted by Crippen LogP contribution is 2.18. The number of fused-ring (bicyclic) bond motifs is 1. The largest absolute Gasteiger partial charge is 0.481 e. The SMILES string of the molecule is O=C(O)CCn1c(=O)oc2ccc(Cl)cc21. The van der Waals surface area contributed by atoms with E-state index < -0.39 is 11.7 Å². The molecule has 0 amide bonds. The van der Waals surface area contributed by atoms with Crippen LogP contribution in [0.1, 0.15) is 6.42 Å². The van der Waals surface area contributed by atoms with Crippen LogP contribution in [-0.4, -0.2) is 15.6 Å². The van der Waals surface area contributed by atoms with E-state index in [-0.39, 0.29) is 13.0 Å². The third-order valence-corrected chi connectivity index (χ3v) is 2.41. The molecular weight excluding hydrogens is 234 g/mol. The summed E-state index contributed by atoms with van der Waals surface area (Å²) in [4.78, 5) is 21.9. The van der Waals surface area contributed by atoms with Crippen molar-refractivity contribution in [3.63, 3.8) is 0 Å². The second-order valence-electron chi connectivity index (χ2n) is 3.28. The van der Waals surface area contributed by atoms with E-state index in [0.717, 1.165) is 0 Å². The van der Waals surface area contributed by atoms with Crippen LogP contribution in [0.5, 0.6) is 0 Å². The van der Waals surface area contributed by atoms with Crippen molar-refractivity contribution < 1.29 is 14.3 Å². The number of carboxylic acid groups (broad SMARTS) is 1. The Balaban J connectivity index is 2.50. The standard InChI is InChI=1S/C10H8ClNO4/c11-6-1-2-8-7(5-6)12(10(15)16-8)4-3-9(13)14/h1-2,5H,3-4H2,(H,13,14). The number of hydrogen-bond donors (Lipinski definition) is 1. The normalized spacial score (nSPS) is 10.8. The van der Waals surface area contributed by atoms with Crippen LogP contribution in [0.3, 0.4) is 0 Å². The maximum atomic E-state index is 11.4. The first-order chi connectivity index (χ1) is 7.58. The zero-order valence-corrected chi connectivity index (χ0v) is 8.90. The minimum atomic E-state index is -0.969. The van der Waals surface area contributed by atoms with E-state index >= 15 is 0 Å². The molecule has 0 aliphatic carbocycles. The third kappa shape index (κ3) is 1.94. The van der Waals surface area contributed by atoms with Crippen molar-refractivity contribution in [2.75, 3.05) is 0 Å². The van der Waals surface area contributed by atoms with Crippen molar-refractivity contribution in [1.29, 1.82) is 0 Å². The van der Waals surface area contributed by atoms with Crippen molar-refractivity contribution in [2.24, 2.45) is 0 Å². The van der Waals surface area contributed by atoms with E-state index in [4.69, 9.17) is 21.1 Å². The van der Waals surface area contributed by atoms with E-state index in [0.29, 0.717) is 16.1 Å². The Morgan fingerprint density at radius 1 is 1.50 bits per heavy atom. The summed E-state index contributed by atoms with van der Waals surface area (Å²) in [5.41, 5.74) is 0.915. The number of aliphatic carboxylic acids is 1. The minimum Gasteiger partial charge on any atom is -0.481 e. The number of aromatic nitrogens is 1. The number of halogens is 1. The number of carbonyl (C=O) groups is 1. The molecule has 0 saturated carbocycles. The molecule has 0 atom stereocenters. The van der Waals surface area contributed by atoms with Gasteiger partial charge >= 0.3 is 11.7 Å². The quantitative estimate of drug-likeness (QED) is 0.888. The Hall–Kier alpha value is -1.75. The molecule has 1 N–H and O–H groups in total. The number of nitrogens with zero attached hydrogens (tertiary/aromatic N) is 1. The molecule has 5 nitrogen and oxygen atoms in total. The second kappa shape index (κ2) is 4.02. The van der Waals surface area contributed by atoms with Gasteiger partial charge in [-0.3, -0.25) is 9.36 Å². The second-order valence-corrected chi connectivity index (χ2v) is 3.71. The molecule has 0 bridgehead atoms. The molecule has 1 aromatic heterocycles. The molecule has 1 aromatic carbocycles. The first-order valence-electron chi connectivity index (χ1n) is 4.58. The minimum absolute atomic E-state index is 0.0709. The Bertz CT molecular complexity index is 598. The predicted octanol–water partition coefficient (Wildman–Crippen LogP) is 1.72. The van der Waals surface area contributed by atoms with E-state index in [1.807, 2.05) is 0 Å². The molecular formula is C10H8ClNO4. The van der Waals surface area contributed by atoms with Gasteiger partial charge in [0.2, 0.25) is 0 Å². The topological polar surface area (TPSA) is 72.4 Å². The molecule has 2 rings (SSSR count). The van der Waals surface area contributed by atoms with Gasteiger partial charge in [0.15, 0.2) is 5.58 Å². The van der Waals surface area contributed by atoms with Gasteiger partial charge in [-0.2, -0.15) is 0 Å². The van der Waals surface area contributed by atoms with Crippen LogP contribution in [0.25, 0.3) is 11.1 Å². The Kier molecular flexibility index (Phi) is 2.70. The van der Waals surface area contributed by atoms with E-state index in [2.05, 4.69) is 0 Å². The fourth-order valence-corrected chi connectivity index (χ4v) is 1.62. The number of rotatable bonds is 3. The molecule has 0 fully saturated rings. The molecule has 6 heteroatoms. The average Bonchev–Trinajstić information content (AvgIpc) is 2.51. The molecule has 1 heterocycles. The zero-order chi connectivity index (χ0) is 11.7. The predicted molar refractivity (Wildman–Crippen MR) is 57.7 cm³/mol. The Labute approximate surface area is 94.9 Å². The number of carboxylic acids is 1. The summed E-state index contributed by atoms with van der Waals surface area (Å²) in [6.07, 6.45) is -0.138. The number of aryl methyl sites for hydroxylation is 1. The lowest BCUT2D eigenvalue weighted by atomic mass is 10.3. The van der Waals surface area contributed by atoms with Crippen molar-refractivity contribution in [3.05, 3.63) is 33.8 Å². The van der Waals surface area contributed by atoms with Crippen LogP contribution in [0, 0.1) is 0 Å². The van der Waals surface area contributed by atoms with Crippen molar-refractivity contribution in [1.82, 2.24) is 4.57 Å². The lowest BCUT2D eigenvalue weighted by molar-refractivity contribution is -0.137. The number of benzene rings is 1. The maximum Gasteiger partial charge on any atom is 0.419 e. The Morgan fingerprint density at radius 2 is 2.25 bits per heavy atom. The molecule has 0 spiro atoms. The van der Waals surface area contributed by atoms with Crippen molar-refractivity contribution in [2.45, 2.75) is 13.0 Å². The summed E-state index contributed by atoms with van der Waals surface area (Å²) in [7, 11) is 0. The third-order valence-electron chi connectivity index (χ3n) is 2.18. The van der Waals surface area contributed by atoms with E-state index in [1.165, 1.54) is 4.57 Å². The van der Waals surface area contributed by atoms with E-state index in [9.17, 15) is 9.59 Å². The lowest BCUT2D eigenvalue weighted by Gasteiger charge is -1.98. The zero-order valence-electron chi connectivity index (χ0n) is 8.14. The van der Waals surface area contributed by atoms with E-state index in [1.54, 1.807) is 18.2 Å². The van der Waals surface area contributed by atoms with Crippen LogP contribution < -0.4 is 5.76 Å². The number of hydrogen-bond acceptors (Lipinski definition) is 3. The summed E-state index contributed by atoms with van der Waals surface area (Å²) < 4.78 is 6.20. The van der Waals surface area contributed by atoms with Gasteiger partial charge in [-0.15, -0.1) is 0 Å². The highest BCUT2D eigenvalue weighted by atomic mass is 35.5. The van der Waals surface area contributed by atoms with Crippen LogP contribution in [-0.2, 0) is 11.3 Å². The van der Waals surface area contributed by atoms with Gasteiger partial charge in [-0.25, -0.2) is 4.79 Å². The van der Waals surface area contributed by atoms with Gasteiger partial charge in [-0.1, -0.05) is 11.6 Å². The summed E-state index contributed by atoms with van der Waals surface area (Å²) in [6, 6.07) is 4.76. The molecule has 84 valence electrons. The molecule has 16 heavy (non-hydrogen) atoms. The average molecular weight is 242 g/mol. The van der Waals surface area contributed by atoms with Crippen molar-refractivity contribution >= 4 is 28.7 Å². The fraction of sp³-hybridized carbons (Fsp3) is 0.200. The van der Waals surface area contributed by atoms with Gasteiger partial charge in [0.05, 0.1) is 11.9 Å². The van der Waals surface area contributed by atoms with Crippen LogP contribution in [0.15, 0.2) is 27.4 Å². The lowest BCUT2D eigenvalue weighted by Crippen LogP contribution is -2.16. The highest BCUT2D eigenvalue weighted by Gasteiger charge is 2.10. The Morgan fingerprint density at radius 3 is 2.94 bits per heavy atom. The summed E-state index contributed by atoms with van der Waals surface area (Å²) in [5, 5.41) is 9.03. The molecule has 0 radical (unpaired) electrons. The number of oxazole rings is 1. The van der Waals surface area contributed by atoms with Crippen LogP contribution in [0.4, 0.5) is 0 Å². The summed E-state index contributed by atoms with van der Waals surface area (Å²) in [5.74, 6) is -1.54. The van der Waals surface area contributed by atoms with Crippen LogP contribution in [0.2, 0.25) is 5.02 Å². The van der Waals surface area contributed by atoms with Gasteiger partial charge in [0.25, 0.3) is 0 Å². The first-order valence-corrected chi connectivity index (χ1v) is 4.96. The van der Waals surface area contributed by atoms with Crippen LogP contribution >= 0.6 is 11.6 Å². The van der Waals surface area contributed by atoms with Gasteiger partial charge in [0, 0.05) is 11.6 Å². The molecule has 0 unspecified atom stereocenters. The molecule has 0 aliphatic rings. The molecule has 0 saturated heterocycles. The fourth-order valence-electron chi connectivity index (χ4n) is 1.45. The maximum absolute atomic E-state index is 11.4. The first kappa shape index (κ1) is 10.8. The molecule has 0 aliphatic heterocycles.